The molecule has 3 aromatic rings. The lowest BCUT2D eigenvalue weighted by atomic mass is 9.96. The minimum atomic E-state index is 0.0261. The van der Waals surface area contributed by atoms with Crippen LogP contribution >= 0.6 is 0 Å². The Kier molecular flexibility index (Phi) is 6.42. The second kappa shape index (κ2) is 9.58. The quantitative estimate of drug-likeness (QED) is 0.540. The van der Waals surface area contributed by atoms with E-state index in [9.17, 15) is 0 Å². The van der Waals surface area contributed by atoms with Crippen LogP contribution in [0.4, 0.5) is 0 Å². The molecule has 1 aromatic heterocycles. The summed E-state index contributed by atoms with van der Waals surface area (Å²) in [6, 6.07) is 15.7. The molecule has 164 valence electrons. The van der Waals surface area contributed by atoms with Gasteiger partial charge in [-0.1, -0.05) is 36.9 Å². The molecule has 32 heavy (non-hydrogen) atoms. The lowest BCUT2D eigenvalue weighted by Gasteiger charge is -2.20. The highest BCUT2D eigenvalue weighted by Crippen LogP contribution is 2.31. The molecule has 6 nitrogen and oxygen atoms in total. The average Bonchev–Trinajstić information content (AvgIpc) is 3.33. The van der Waals surface area contributed by atoms with Crippen molar-refractivity contribution in [3.8, 4) is 28.5 Å². The molecule has 0 bridgehead atoms. The molecule has 4 rings (SSSR count). The lowest BCUT2D eigenvalue weighted by molar-refractivity contribution is 0.389. The number of nitrogens with zero attached hydrogens (tertiary/aromatic N) is 1. The van der Waals surface area contributed by atoms with Crippen molar-refractivity contribution in [1.82, 2.24) is 15.5 Å². The Bertz CT molecular complexity index is 1180. The predicted molar refractivity (Wildman–Crippen MR) is 127 cm³/mol. The molecule has 2 N–H and O–H groups in total. The van der Waals surface area contributed by atoms with Crippen molar-refractivity contribution in [2.24, 2.45) is 0 Å². The zero-order chi connectivity index (χ0) is 22.5. The van der Waals surface area contributed by atoms with Gasteiger partial charge in [-0.05, 0) is 35.9 Å². The molecule has 1 atom stereocenters. The lowest BCUT2D eigenvalue weighted by Crippen LogP contribution is -2.29. The number of aromatic nitrogens is 2. The van der Waals surface area contributed by atoms with Crippen LogP contribution in [0.1, 0.15) is 11.3 Å². The molecule has 0 saturated heterocycles. The number of rotatable bonds is 8. The highest BCUT2D eigenvalue weighted by Gasteiger charge is 2.17. The van der Waals surface area contributed by atoms with Crippen molar-refractivity contribution in [1.29, 1.82) is 0 Å². The number of hydrogen-bond acceptors (Lipinski definition) is 5. The van der Waals surface area contributed by atoms with Crippen molar-refractivity contribution in [3.05, 3.63) is 90.2 Å². The first-order valence-electron chi connectivity index (χ1n) is 10.3. The maximum absolute atomic E-state index is 5.49. The van der Waals surface area contributed by atoms with Crippen molar-refractivity contribution < 1.29 is 14.2 Å². The van der Waals surface area contributed by atoms with Crippen molar-refractivity contribution in [3.63, 3.8) is 0 Å². The Labute approximate surface area is 188 Å². The monoisotopic (exact) mass is 429 g/mol. The second-order valence-electron chi connectivity index (χ2n) is 7.44. The van der Waals surface area contributed by atoms with Crippen LogP contribution in [0, 0.1) is 0 Å². The van der Waals surface area contributed by atoms with E-state index in [0.717, 1.165) is 50.9 Å². The summed E-state index contributed by atoms with van der Waals surface area (Å²) < 4.78 is 16.2. The molecule has 0 saturated carbocycles. The van der Waals surface area contributed by atoms with Gasteiger partial charge in [-0.2, -0.15) is 5.10 Å². The maximum atomic E-state index is 5.49. The first kappa shape index (κ1) is 21.5. The van der Waals surface area contributed by atoms with Gasteiger partial charge in [0.25, 0.3) is 0 Å². The standard InChI is InChI=1S/C26H27N3O3/c1-17-13-18(23-15-24(29-28-23)21-7-5-6-8-25(21)31-3)10-12-22(17)27-16-19-9-11-20(30-2)14-26(19)32-4/h5-15,22,27H,1,16H2,2-4H3,(H,28,29). The van der Waals surface area contributed by atoms with Crippen LogP contribution in [0.25, 0.3) is 16.8 Å². The number of H-pyrrole nitrogens is 1. The Morgan fingerprint density at radius 2 is 1.81 bits per heavy atom. The minimum Gasteiger partial charge on any atom is -0.497 e. The van der Waals surface area contributed by atoms with Crippen LogP contribution in [0.5, 0.6) is 17.2 Å². The van der Waals surface area contributed by atoms with Crippen molar-refractivity contribution >= 4 is 5.57 Å². The minimum absolute atomic E-state index is 0.0261. The summed E-state index contributed by atoms with van der Waals surface area (Å²) in [5.74, 6) is 2.36. The first-order chi connectivity index (χ1) is 15.6. The molecule has 0 aliphatic heterocycles. The number of ether oxygens (including phenoxy) is 3. The molecule has 1 unspecified atom stereocenters. The third-order valence-electron chi connectivity index (χ3n) is 5.49. The van der Waals surface area contributed by atoms with Gasteiger partial charge in [-0.3, -0.25) is 5.10 Å². The number of para-hydroxylation sites is 1. The molecular weight excluding hydrogens is 402 g/mol. The number of nitrogens with one attached hydrogen (secondary N) is 2. The van der Waals surface area contributed by atoms with Gasteiger partial charge in [0.1, 0.15) is 17.2 Å². The zero-order valence-corrected chi connectivity index (χ0v) is 18.5. The fraction of sp³-hybridized carbons (Fsp3) is 0.192. The van der Waals surface area contributed by atoms with Crippen molar-refractivity contribution in [2.45, 2.75) is 12.6 Å². The van der Waals surface area contributed by atoms with Crippen LogP contribution in [0.2, 0.25) is 0 Å². The molecule has 6 heteroatoms. The van der Waals surface area contributed by atoms with Crippen LogP contribution < -0.4 is 19.5 Å². The van der Waals surface area contributed by atoms with Gasteiger partial charge in [-0.25, -0.2) is 0 Å². The summed E-state index contributed by atoms with van der Waals surface area (Å²) in [4.78, 5) is 0. The number of aromatic amines is 1. The Hall–Kier alpha value is -3.77. The molecule has 0 radical (unpaired) electrons. The SMILES string of the molecule is C=C1C=C(c2cc(-c3ccccc3OC)[nH]n2)C=CC1NCc1ccc(OC)cc1OC. The summed E-state index contributed by atoms with van der Waals surface area (Å²) in [6.07, 6.45) is 6.23. The number of allylic oxidation sites excluding steroid dienone is 2. The van der Waals surface area contributed by atoms with E-state index in [1.54, 1.807) is 21.3 Å². The van der Waals surface area contributed by atoms with Crippen LogP contribution in [-0.4, -0.2) is 37.6 Å². The van der Waals surface area contributed by atoms with E-state index in [4.69, 9.17) is 14.2 Å². The average molecular weight is 430 g/mol. The van der Waals surface area contributed by atoms with Gasteiger partial charge in [0.05, 0.1) is 38.8 Å². The summed E-state index contributed by atoms with van der Waals surface area (Å²) in [6.45, 7) is 4.89. The highest BCUT2D eigenvalue weighted by molar-refractivity contribution is 5.79. The van der Waals surface area contributed by atoms with Gasteiger partial charge in [0.15, 0.2) is 0 Å². The zero-order valence-electron chi connectivity index (χ0n) is 18.5. The number of hydrogen-bond donors (Lipinski definition) is 2. The third kappa shape index (κ3) is 4.45. The van der Waals surface area contributed by atoms with E-state index >= 15 is 0 Å². The molecule has 0 amide bonds. The molecule has 0 spiro atoms. The van der Waals surface area contributed by atoms with E-state index in [0.29, 0.717) is 6.54 Å². The van der Waals surface area contributed by atoms with E-state index < -0.39 is 0 Å². The molecule has 2 aromatic carbocycles. The summed E-state index contributed by atoms with van der Waals surface area (Å²) in [5, 5.41) is 11.1. The fourth-order valence-electron chi connectivity index (χ4n) is 3.71. The molecule has 1 aliphatic carbocycles. The molecule has 0 fully saturated rings. The second-order valence-corrected chi connectivity index (χ2v) is 7.44. The highest BCUT2D eigenvalue weighted by atomic mass is 16.5. The summed E-state index contributed by atoms with van der Waals surface area (Å²) in [5.41, 5.74) is 5.77. The van der Waals surface area contributed by atoms with Crippen LogP contribution in [0.15, 0.2) is 78.9 Å². The fourth-order valence-corrected chi connectivity index (χ4v) is 3.71. The molecule has 1 aliphatic rings. The molecular formula is C26H27N3O3. The predicted octanol–water partition coefficient (Wildman–Crippen LogP) is 4.77. The van der Waals surface area contributed by atoms with Crippen LogP contribution in [0.3, 0.4) is 0 Å². The normalized spacial score (nSPS) is 15.4. The van der Waals surface area contributed by atoms with Crippen molar-refractivity contribution in [2.75, 3.05) is 21.3 Å². The van der Waals surface area contributed by atoms with E-state index in [1.807, 2.05) is 48.5 Å². The topological polar surface area (TPSA) is 68.4 Å². The maximum Gasteiger partial charge on any atom is 0.128 e. The van der Waals surface area contributed by atoms with Gasteiger partial charge < -0.3 is 19.5 Å². The van der Waals surface area contributed by atoms with E-state index in [1.165, 1.54) is 0 Å². The first-order valence-corrected chi connectivity index (χ1v) is 10.3. The van der Waals surface area contributed by atoms with E-state index in [2.05, 4.69) is 40.3 Å². The van der Waals surface area contributed by atoms with Crippen LogP contribution in [-0.2, 0) is 6.54 Å². The summed E-state index contributed by atoms with van der Waals surface area (Å²) >= 11 is 0. The number of methoxy groups -OCH3 is 3. The number of benzene rings is 2. The summed E-state index contributed by atoms with van der Waals surface area (Å²) in [7, 11) is 4.98. The third-order valence-corrected chi connectivity index (χ3v) is 5.49. The Balaban J connectivity index is 1.45. The Morgan fingerprint density at radius 3 is 2.56 bits per heavy atom. The smallest absolute Gasteiger partial charge is 0.128 e. The van der Waals surface area contributed by atoms with E-state index in [-0.39, 0.29) is 6.04 Å². The Morgan fingerprint density at radius 1 is 1.00 bits per heavy atom. The van der Waals surface area contributed by atoms with Gasteiger partial charge >= 0.3 is 0 Å². The van der Waals surface area contributed by atoms with Gasteiger partial charge in [0, 0.05) is 29.3 Å². The van der Waals surface area contributed by atoms with Gasteiger partial charge in [0.2, 0.25) is 0 Å². The molecule has 1 heterocycles. The largest absolute Gasteiger partial charge is 0.497 e. The van der Waals surface area contributed by atoms with Gasteiger partial charge in [-0.15, -0.1) is 0 Å².